The molecule has 2 fully saturated rings. The van der Waals surface area contributed by atoms with Crippen LogP contribution in [0.1, 0.15) is 64.2 Å². The Morgan fingerprint density at radius 2 is 1.29 bits per heavy atom. The minimum absolute atomic E-state index is 0.0365. The molecule has 0 aliphatic heterocycles. The number of isocyanates is 3. The molecule has 0 aromatic carbocycles. The maximum atomic E-state index is 10.8. The largest absolute Gasteiger partial charge is 0.235 e. The van der Waals surface area contributed by atoms with Crippen molar-refractivity contribution in [3.63, 3.8) is 0 Å². The fraction of sp³-hybridized carbons (Fsp3) is 0.833. The van der Waals surface area contributed by atoms with Gasteiger partial charge >= 0.3 is 0 Å². The van der Waals surface area contributed by atoms with Gasteiger partial charge in [0.15, 0.2) is 0 Å². The van der Waals surface area contributed by atoms with Gasteiger partial charge in [-0.25, -0.2) is 29.4 Å². The van der Waals surface area contributed by atoms with E-state index in [9.17, 15) is 14.4 Å². The summed E-state index contributed by atoms with van der Waals surface area (Å²) in [4.78, 5) is 43.1. The van der Waals surface area contributed by atoms with Gasteiger partial charge < -0.3 is 0 Å². The molecular formula is C18H25N3O3. The molecule has 2 saturated carbocycles. The summed E-state index contributed by atoms with van der Waals surface area (Å²) in [6, 6.07) is 0.277. The summed E-state index contributed by atoms with van der Waals surface area (Å²) in [6.07, 6.45) is 14.7. The number of rotatable bonds is 7. The second kappa shape index (κ2) is 10.1. The third kappa shape index (κ3) is 5.65. The molecule has 1 atom stereocenters. The predicted molar refractivity (Wildman–Crippen MR) is 88.9 cm³/mol. The minimum Gasteiger partial charge on any atom is -0.211 e. The Bertz CT molecular complexity index is 530. The molecular weight excluding hydrogens is 306 g/mol. The van der Waals surface area contributed by atoms with E-state index >= 15 is 0 Å². The normalized spacial score (nSPS) is 31.0. The van der Waals surface area contributed by atoms with Gasteiger partial charge in [-0.1, -0.05) is 0 Å². The van der Waals surface area contributed by atoms with Crippen molar-refractivity contribution in [2.45, 2.75) is 82.3 Å². The minimum atomic E-state index is 0.0365. The fourth-order valence-electron chi connectivity index (χ4n) is 4.21. The van der Waals surface area contributed by atoms with Crippen molar-refractivity contribution in [1.29, 1.82) is 0 Å². The lowest BCUT2D eigenvalue weighted by Gasteiger charge is -2.31. The number of nitrogens with zero attached hydrogens (tertiary/aromatic N) is 3. The van der Waals surface area contributed by atoms with Crippen molar-refractivity contribution in [3.8, 4) is 0 Å². The number of hydrogen-bond donors (Lipinski definition) is 0. The first kappa shape index (κ1) is 18.5. The van der Waals surface area contributed by atoms with E-state index in [4.69, 9.17) is 0 Å². The zero-order valence-corrected chi connectivity index (χ0v) is 14.0. The molecule has 0 spiro atoms. The van der Waals surface area contributed by atoms with Crippen molar-refractivity contribution in [2.75, 3.05) is 0 Å². The van der Waals surface area contributed by atoms with Crippen molar-refractivity contribution in [3.05, 3.63) is 0 Å². The van der Waals surface area contributed by atoms with Crippen LogP contribution in [-0.2, 0) is 14.4 Å². The lowest BCUT2D eigenvalue weighted by molar-refractivity contribution is 0.247. The second-order valence-corrected chi connectivity index (χ2v) is 7.05. The average Bonchev–Trinajstić information content (AvgIpc) is 2.61. The van der Waals surface area contributed by atoms with Crippen LogP contribution in [-0.4, -0.2) is 36.4 Å². The Labute approximate surface area is 142 Å². The topological polar surface area (TPSA) is 88.3 Å². The van der Waals surface area contributed by atoms with Crippen LogP contribution >= 0.6 is 0 Å². The van der Waals surface area contributed by atoms with Gasteiger partial charge in [-0.15, -0.1) is 0 Å². The van der Waals surface area contributed by atoms with Gasteiger partial charge in [0, 0.05) is 0 Å². The predicted octanol–water partition coefficient (Wildman–Crippen LogP) is 3.26. The van der Waals surface area contributed by atoms with Crippen LogP contribution in [0, 0.1) is 11.8 Å². The average molecular weight is 331 g/mol. The molecule has 0 saturated heterocycles. The van der Waals surface area contributed by atoms with Crippen LogP contribution in [0.5, 0.6) is 0 Å². The maximum Gasteiger partial charge on any atom is 0.235 e. The van der Waals surface area contributed by atoms with Gasteiger partial charge in [-0.3, -0.25) is 0 Å². The van der Waals surface area contributed by atoms with Crippen molar-refractivity contribution < 1.29 is 14.4 Å². The number of hydrogen-bond acceptors (Lipinski definition) is 6. The van der Waals surface area contributed by atoms with Crippen molar-refractivity contribution in [1.82, 2.24) is 0 Å². The van der Waals surface area contributed by atoms with E-state index in [1.54, 1.807) is 18.2 Å². The molecule has 6 heteroatoms. The quantitative estimate of drug-likeness (QED) is 0.530. The zero-order chi connectivity index (χ0) is 17.2. The Morgan fingerprint density at radius 3 is 1.79 bits per heavy atom. The SMILES string of the molecule is O=C=NC1CCC(CCC(N=C=O)C2CCC(N=C=O)CC2)CC1. The van der Waals surface area contributed by atoms with Gasteiger partial charge in [-0.2, -0.15) is 0 Å². The summed E-state index contributed by atoms with van der Waals surface area (Å²) >= 11 is 0. The lowest BCUT2D eigenvalue weighted by Crippen LogP contribution is -2.27. The Morgan fingerprint density at radius 1 is 0.750 bits per heavy atom. The van der Waals surface area contributed by atoms with Gasteiger partial charge in [0.2, 0.25) is 18.2 Å². The highest BCUT2D eigenvalue weighted by Gasteiger charge is 2.29. The summed E-state index contributed by atoms with van der Waals surface area (Å²) in [5.74, 6) is 1.02. The molecule has 0 heterocycles. The fourth-order valence-corrected chi connectivity index (χ4v) is 4.21. The smallest absolute Gasteiger partial charge is 0.211 e. The van der Waals surface area contributed by atoms with Crippen LogP contribution in [0.15, 0.2) is 15.0 Å². The molecule has 0 aromatic heterocycles. The molecule has 0 amide bonds. The molecule has 0 aromatic rings. The molecule has 0 radical (unpaired) electrons. The van der Waals surface area contributed by atoms with Gasteiger partial charge in [0.05, 0.1) is 18.1 Å². The summed E-state index contributed by atoms with van der Waals surface area (Å²) < 4.78 is 0. The first-order valence-corrected chi connectivity index (χ1v) is 8.97. The molecule has 2 aliphatic carbocycles. The van der Waals surface area contributed by atoms with E-state index in [-0.39, 0.29) is 18.1 Å². The highest BCUT2D eigenvalue weighted by atomic mass is 16.1. The van der Waals surface area contributed by atoms with E-state index < -0.39 is 0 Å². The summed E-state index contributed by atoms with van der Waals surface area (Å²) in [5, 5.41) is 0. The Hall–Kier alpha value is -1.86. The Kier molecular flexibility index (Phi) is 7.77. The second-order valence-electron chi connectivity index (χ2n) is 7.05. The first-order chi connectivity index (χ1) is 11.8. The molecule has 6 nitrogen and oxygen atoms in total. The first-order valence-electron chi connectivity index (χ1n) is 8.97. The number of aliphatic imine (C=N–C) groups is 3. The zero-order valence-electron chi connectivity index (χ0n) is 14.0. The van der Waals surface area contributed by atoms with Crippen molar-refractivity contribution >= 4 is 18.2 Å². The summed E-state index contributed by atoms with van der Waals surface area (Å²) in [7, 11) is 0. The highest BCUT2D eigenvalue weighted by molar-refractivity contribution is 5.34. The third-order valence-corrected chi connectivity index (χ3v) is 5.66. The molecule has 2 rings (SSSR count). The van der Waals surface area contributed by atoms with Crippen LogP contribution in [0.4, 0.5) is 0 Å². The summed E-state index contributed by atoms with van der Waals surface area (Å²) in [5.41, 5.74) is 0. The van der Waals surface area contributed by atoms with E-state index in [0.717, 1.165) is 64.2 Å². The highest BCUT2D eigenvalue weighted by Crippen LogP contribution is 2.34. The van der Waals surface area contributed by atoms with Crippen LogP contribution in [0.25, 0.3) is 0 Å². The summed E-state index contributed by atoms with van der Waals surface area (Å²) in [6.45, 7) is 0. The number of carbonyl (C=O) groups excluding carboxylic acids is 3. The van der Waals surface area contributed by atoms with Crippen molar-refractivity contribution in [2.24, 2.45) is 26.8 Å². The third-order valence-electron chi connectivity index (χ3n) is 5.66. The van der Waals surface area contributed by atoms with E-state index in [2.05, 4.69) is 15.0 Å². The van der Waals surface area contributed by atoms with Crippen LogP contribution in [0.2, 0.25) is 0 Å². The molecule has 24 heavy (non-hydrogen) atoms. The van der Waals surface area contributed by atoms with E-state index in [1.807, 2.05) is 0 Å². The van der Waals surface area contributed by atoms with Crippen LogP contribution in [0.3, 0.4) is 0 Å². The van der Waals surface area contributed by atoms with Gasteiger partial charge in [-0.05, 0) is 76.0 Å². The maximum absolute atomic E-state index is 10.8. The van der Waals surface area contributed by atoms with Crippen LogP contribution < -0.4 is 0 Å². The van der Waals surface area contributed by atoms with E-state index in [1.165, 1.54) is 0 Å². The lowest BCUT2D eigenvalue weighted by atomic mass is 9.78. The standard InChI is InChI=1S/C18H25N3O3/c22-11-19-16-6-1-14(2-7-16)3-10-18(21-13-24)15-4-8-17(9-5-15)20-12-23/h14-18H,1-10H2. The molecule has 0 N–H and O–H groups in total. The van der Waals surface area contributed by atoms with Gasteiger partial charge in [0.1, 0.15) is 0 Å². The Balaban J connectivity index is 1.79. The monoisotopic (exact) mass is 331 g/mol. The molecule has 0 bridgehead atoms. The molecule has 2 aliphatic rings. The van der Waals surface area contributed by atoms with E-state index in [0.29, 0.717) is 11.8 Å². The van der Waals surface area contributed by atoms with Gasteiger partial charge in [0.25, 0.3) is 0 Å². The molecule has 130 valence electrons. The molecule has 1 unspecified atom stereocenters.